The summed E-state index contributed by atoms with van der Waals surface area (Å²) in [4.78, 5) is 59.2. The Kier molecular flexibility index (Phi) is 11.9. The average molecular weight is 477 g/mol. The molecule has 0 aromatic rings. The molecule has 1 unspecified atom stereocenters. The molecule has 0 aromatic carbocycles. The lowest BCUT2D eigenvalue weighted by atomic mass is 9.86. The van der Waals surface area contributed by atoms with Crippen molar-refractivity contribution in [1.29, 1.82) is 0 Å². The summed E-state index contributed by atoms with van der Waals surface area (Å²) in [6.07, 6.45) is -1.98. The molecule has 182 valence electrons. The van der Waals surface area contributed by atoms with Crippen molar-refractivity contribution in [1.82, 2.24) is 10.6 Å². The van der Waals surface area contributed by atoms with Crippen LogP contribution >= 0.6 is 11.8 Å². The number of hydrogen-bond donors (Lipinski definition) is 2. The van der Waals surface area contributed by atoms with Gasteiger partial charge in [0, 0.05) is 30.7 Å². The number of cyclic esters (lactones) is 2. The minimum absolute atomic E-state index is 0.0259. The number of carbonyl (C=O) groups is 5. The number of amides is 2. The van der Waals surface area contributed by atoms with Crippen LogP contribution in [0.4, 0.5) is 4.79 Å². The molecule has 0 bridgehead atoms. The van der Waals surface area contributed by atoms with Gasteiger partial charge >= 0.3 is 18.1 Å². The molecule has 32 heavy (non-hydrogen) atoms. The third-order valence-corrected chi connectivity index (χ3v) is 5.53. The highest BCUT2D eigenvalue weighted by Gasteiger charge is 2.43. The number of thioether (sulfide) groups is 1. The van der Waals surface area contributed by atoms with Crippen molar-refractivity contribution in [3.8, 4) is 0 Å². The Morgan fingerprint density at radius 2 is 1.81 bits per heavy atom. The molecular weight excluding hydrogens is 444 g/mol. The van der Waals surface area contributed by atoms with Crippen LogP contribution < -0.4 is 10.6 Å². The van der Waals surface area contributed by atoms with Gasteiger partial charge in [-0.2, -0.15) is 0 Å². The van der Waals surface area contributed by atoms with Crippen molar-refractivity contribution in [2.75, 3.05) is 38.7 Å². The number of carbonyl (C=O) groups excluding carboxylic acids is 5. The Morgan fingerprint density at radius 1 is 1.12 bits per heavy atom. The second-order valence-corrected chi connectivity index (χ2v) is 8.85. The van der Waals surface area contributed by atoms with Crippen molar-refractivity contribution < 1.29 is 42.9 Å². The van der Waals surface area contributed by atoms with Gasteiger partial charge in [0.2, 0.25) is 5.91 Å². The lowest BCUT2D eigenvalue weighted by molar-refractivity contribution is -0.149. The van der Waals surface area contributed by atoms with Crippen molar-refractivity contribution >= 4 is 41.7 Å². The first kappa shape index (κ1) is 27.5. The van der Waals surface area contributed by atoms with Gasteiger partial charge in [-0.3, -0.25) is 19.2 Å². The normalized spacial score (nSPS) is 17.9. The predicted octanol–water partition coefficient (Wildman–Crippen LogP) is 0.789. The van der Waals surface area contributed by atoms with E-state index in [-0.39, 0.29) is 51.7 Å². The van der Waals surface area contributed by atoms with E-state index in [2.05, 4.69) is 10.6 Å². The van der Waals surface area contributed by atoms with Gasteiger partial charge in [-0.25, -0.2) is 4.79 Å². The number of hydrogen-bond acceptors (Lipinski definition) is 10. The Bertz CT molecular complexity index is 684. The quantitative estimate of drug-likeness (QED) is 0.222. The average Bonchev–Trinajstić information content (AvgIpc) is 2.72. The summed E-state index contributed by atoms with van der Waals surface area (Å²) in [5.74, 6) is -1.40. The monoisotopic (exact) mass is 476 g/mol. The third kappa shape index (κ3) is 9.75. The third-order valence-electron chi connectivity index (χ3n) is 4.33. The molecule has 11 nitrogen and oxygen atoms in total. The van der Waals surface area contributed by atoms with Gasteiger partial charge in [0.15, 0.2) is 6.10 Å². The number of ether oxygens (including phenoxy) is 4. The van der Waals surface area contributed by atoms with Crippen LogP contribution in [0.3, 0.4) is 0 Å². The molecule has 1 aliphatic rings. The van der Waals surface area contributed by atoms with Crippen LogP contribution in [0.25, 0.3) is 0 Å². The first-order chi connectivity index (χ1) is 15.1. The van der Waals surface area contributed by atoms with Gasteiger partial charge in [0.25, 0.3) is 5.91 Å². The molecule has 1 heterocycles. The van der Waals surface area contributed by atoms with E-state index in [0.717, 1.165) is 0 Å². The van der Waals surface area contributed by atoms with E-state index in [9.17, 15) is 24.0 Å². The van der Waals surface area contributed by atoms with E-state index in [1.165, 1.54) is 11.8 Å². The molecular formula is C20H32N2O9S. The van der Waals surface area contributed by atoms with Crippen LogP contribution in [0, 0.1) is 5.41 Å². The summed E-state index contributed by atoms with van der Waals surface area (Å²) < 4.78 is 19.6. The van der Waals surface area contributed by atoms with Gasteiger partial charge in [-0.05, 0) is 13.8 Å². The fourth-order valence-electron chi connectivity index (χ4n) is 2.71. The zero-order valence-corrected chi connectivity index (χ0v) is 19.7. The van der Waals surface area contributed by atoms with Crippen molar-refractivity contribution in [3.63, 3.8) is 0 Å². The smallest absolute Gasteiger partial charge is 0.466 e. The summed E-state index contributed by atoms with van der Waals surface area (Å²) >= 11 is 1.19. The fraction of sp³-hybridized carbons (Fsp3) is 0.750. The molecule has 1 fully saturated rings. The molecule has 2 amide bonds. The molecule has 0 radical (unpaired) electrons. The number of nitrogens with one attached hydrogen (secondary N) is 2. The molecule has 2 atom stereocenters. The van der Waals surface area contributed by atoms with Gasteiger partial charge in [-0.15, -0.1) is 11.8 Å². The highest BCUT2D eigenvalue weighted by molar-refractivity contribution is 8.00. The van der Waals surface area contributed by atoms with Crippen molar-refractivity contribution in [2.24, 2.45) is 5.41 Å². The Hall–Kier alpha value is -2.50. The molecule has 12 heteroatoms. The summed E-state index contributed by atoms with van der Waals surface area (Å²) in [5, 5.41) is 4.55. The molecule has 2 N–H and O–H groups in total. The summed E-state index contributed by atoms with van der Waals surface area (Å²) in [5.41, 5.74) is -0.684. The van der Waals surface area contributed by atoms with E-state index >= 15 is 0 Å². The lowest BCUT2D eigenvalue weighted by Gasteiger charge is -2.35. The zero-order chi connectivity index (χ0) is 24.1. The molecule has 1 aliphatic heterocycles. The van der Waals surface area contributed by atoms with Crippen molar-refractivity contribution in [2.45, 2.75) is 51.9 Å². The molecule has 0 saturated carbocycles. The molecule has 0 aromatic heterocycles. The van der Waals surface area contributed by atoms with Crippen LogP contribution in [0.2, 0.25) is 0 Å². The Morgan fingerprint density at radius 3 is 2.47 bits per heavy atom. The fourth-order valence-corrected chi connectivity index (χ4v) is 3.67. The maximum atomic E-state index is 12.3. The summed E-state index contributed by atoms with van der Waals surface area (Å²) in [6, 6.07) is 0. The number of esters is 2. The van der Waals surface area contributed by atoms with Gasteiger partial charge in [-0.1, -0.05) is 13.8 Å². The van der Waals surface area contributed by atoms with E-state index in [4.69, 9.17) is 18.9 Å². The maximum absolute atomic E-state index is 12.3. The molecule has 0 aliphatic carbocycles. The first-order valence-electron chi connectivity index (χ1n) is 10.4. The van der Waals surface area contributed by atoms with Crippen LogP contribution in [-0.4, -0.2) is 79.9 Å². The number of rotatable bonds is 13. The zero-order valence-electron chi connectivity index (χ0n) is 18.9. The summed E-state index contributed by atoms with van der Waals surface area (Å²) in [7, 11) is 0. The highest BCUT2D eigenvalue weighted by Crippen LogP contribution is 2.28. The minimum atomic E-state index is -0.998. The van der Waals surface area contributed by atoms with Gasteiger partial charge < -0.3 is 29.6 Å². The van der Waals surface area contributed by atoms with Crippen molar-refractivity contribution in [3.05, 3.63) is 0 Å². The standard InChI is InChI=1S/C20H32N2O9S/c1-5-28-15(24)11-13(18(26)29-6-2)32-10-9-21-14(23)7-8-22-17(25)16-20(3,4)12-30-19(27)31-16/h13,16H,5-12H2,1-4H3,(H,21,23)(H,22,25)/t13?,16-/m0/s1. The maximum Gasteiger partial charge on any atom is 0.509 e. The minimum Gasteiger partial charge on any atom is -0.466 e. The van der Waals surface area contributed by atoms with E-state index in [1.54, 1.807) is 27.7 Å². The second-order valence-electron chi connectivity index (χ2n) is 7.54. The topological polar surface area (TPSA) is 146 Å². The molecule has 1 rings (SSSR count). The summed E-state index contributed by atoms with van der Waals surface area (Å²) in [6.45, 7) is 7.64. The Labute approximate surface area is 191 Å². The van der Waals surface area contributed by atoms with Crippen LogP contribution in [-0.2, 0) is 38.1 Å². The molecule has 1 saturated heterocycles. The lowest BCUT2D eigenvalue weighted by Crippen LogP contribution is -2.52. The second kappa shape index (κ2) is 13.8. The predicted molar refractivity (Wildman–Crippen MR) is 115 cm³/mol. The largest absolute Gasteiger partial charge is 0.509 e. The van der Waals surface area contributed by atoms with Gasteiger partial charge in [0.05, 0.1) is 19.6 Å². The Balaban J connectivity index is 2.33. The first-order valence-corrected chi connectivity index (χ1v) is 11.5. The highest BCUT2D eigenvalue weighted by atomic mass is 32.2. The van der Waals surface area contributed by atoms with E-state index in [0.29, 0.717) is 5.75 Å². The molecule has 0 spiro atoms. The SMILES string of the molecule is CCOC(=O)CC(SCCNC(=O)CCNC(=O)[C@@H]1OC(=O)OCC1(C)C)C(=O)OCC. The van der Waals surface area contributed by atoms with Crippen LogP contribution in [0.1, 0.15) is 40.5 Å². The van der Waals surface area contributed by atoms with E-state index in [1.807, 2.05) is 0 Å². The van der Waals surface area contributed by atoms with E-state index < -0.39 is 40.8 Å². The van der Waals surface area contributed by atoms with Crippen LogP contribution in [0.15, 0.2) is 0 Å². The van der Waals surface area contributed by atoms with Crippen LogP contribution in [0.5, 0.6) is 0 Å². The van der Waals surface area contributed by atoms with Gasteiger partial charge in [0.1, 0.15) is 11.9 Å².